The van der Waals surface area contributed by atoms with Gasteiger partial charge in [0.15, 0.2) is 5.82 Å². The van der Waals surface area contributed by atoms with E-state index in [9.17, 15) is 4.79 Å². The smallest absolute Gasteiger partial charge is 0.275 e. The van der Waals surface area contributed by atoms with Gasteiger partial charge in [-0.25, -0.2) is 4.98 Å². The average Bonchev–Trinajstić information content (AvgIpc) is 3.45. The van der Waals surface area contributed by atoms with Crippen LogP contribution in [0.1, 0.15) is 56.9 Å². The van der Waals surface area contributed by atoms with E-state index in [1.807, 2.05) is 12.3 Å². The van der Waals surface area contributed by atoms with Crippen LogP contribution in [0.3, 0.4) is 0 Å². The zero-order chi connectivity index (χ0) is 20.4. The molecule has 9 heteroatoms. The third kappa shape index (κ3) is 4.56. The number of carbonyl (C=O) groups is 1. The van der Waals surface area contributed by atoms with Crippen LogP contribution in [0.25, 0.3) is 0 Å². The van der Waals surface area contributed by atoms with E-state index in [1.165, 1.54) is 16.3 Å². The van der Waals surface area contributed by atoms with Crippen molar-refractivity contribution in [1.82, 2.24) is 25.0 Å². The molecule has 0 unspecified atom stereocenters. The monoisotopic (exact) mass is 414 g/mol. The van der Waals surface area contributed by atoms with Crippen molar-refractivity contribution < 1.29 is 9.53 Å². The Hall–Kier alpha value is -2.52. The highest BCUT2D eigenvalue weighted by Crippen LogP contribution is 2.39. The van der Waals surface area contributed by atoms with E-state index in [0.29, 0.717) is 30.0 Å². The van der Waals surface area contributed by atoms with Crippen molar-refractivity contribution in [3.8, 4) is 0 Å². The summed E-state index contributed by atoms with van der Waals surface area (Å²) < 4.78 is 6.63. The van der Waals surface area contributed by atoms with Crippen molar-refractivity contribution in [3.05, 3.63) is 45.3 Å². The first kappa shape index (κ1) is 19.8. The Morgan fingerprint density at radius 1 is 1.41 bits per heavy atom. The standard InChI is InChI=1S/C20H26N6O2S/c1-12-10-21-19(29-12)7-13-4-5-14(6-13)16-9-18(24-23-16)22-20(27)17-8-15(11-28-3)25-26(17)2/h8-10,13-14H,4-7,11H2,1-3H3,(H2,22,23,24,27)/t13-,14-/m1/s1. The molecule has 0 bridgehead atoms. The molecule has 0 aliphatic heterocycles. The molecule has 0 aromatic carbocycles. The molecule has 3 aromatic heterocycles. The Bertz CT molecular complexity index is 991. The third-order valence-electron chi connectivity index (χ3n) is 5.41. The first-order valence-corrected chi connectivity index (χ1v) is 10.6. The van der Waals surface area contributed by atoms with E-state index in [4.69, 9.17) is 4.74 Å². The van der Waals surface area contributed by atoms with E-state index in [0.717, 1.165) is 30.7 Å². The Morgan fingerprint density at radius 2 is 2.28 bits per heavy atom. The number of ether oxygens (including phenoxy) is 1. The zero-order valence-electron chi connectivity index (χ0n) is 16.9. The lowest BCUT2D eigenvalue weighted by molar-refractivity contribution is 0.101. The molecule has 0 radical (unpaired) electrons. The molecule has 1 amide bonds. The summed E-state index contributed by atoms with van der Waals surface area (Å²) in [5.74, 6) is 1.41. The van der Waals surface area contributed by atoms with Crippen molar-refractivity contribution in [3.63, 3.8) is 0 Å². The van der Waals surface area contributed by atoms with E-state index < -0.39 is 0 Å². The molecular formula is C20H26N6O2S. The fraction of sp³-hybridized carbons (Fsp3) is 0.500. The molecule has 2 atom stereocenters. The summed E-state index contributed by atoms with van der Waals surface area (Å²) >= 11 is 1.79. The second kappa shape index (κ2) is 8.46. The number of H-pyrrole nitrogens is 1. The number of aromatic nitrogens is 5. The number of hydrogen-bond acceptors (Lipinski definition) is 6. The highest BCUT2D eigenvalue weighted by Gasteiger charge is 2.28. The lowest BCUT2D eigenvalue weighted by Crippen LogP contribution is -2.16. The first-order valence-electron chi connectivity index (χ1n) is 9.81. The molecule has 1 saturated carbocycles. The minimum atomic E-state index is -0.233. The Balaban J connectivity index is 1.35. The van der Waals surface area contributed by atoms with Gasteiger partial charge < -0.3 is 10.1 Å². The van der Waals surface area contributed by atoms with E-state index >= 15 is 0 Å². The van der Waals surface area contributed by atoms with Crippen LogP contribution in [0.2, 0.25) is 0 Å². The number of amides is 1. The molecule has 0 spiro atoms. The molecule has 4 rings (SSSR count). The number of rotatable bonds is 7. The number of aromatic amines is 1. The number of thiazole rings is 1. The molecule has 1 fully saturated rings. The SMILES string of the molecule is COCc1cc(C(=O)Nc2cc([C@@H]3CC[C@@H](Cc4ncc(C)s4)C3)[nH]n2)n(C)n1. The normalized spacial score (nSPS) is 19.0. The Kier molecular flexibility index (Phi) is 5.77. The molecule has 0 saturated heterocycles. The molecule has 1 aliphatic carbocycles. The quantitative estimate of drug-likeness (QED) is 0.617. The fourth-order valence-corrected chi connectivity index (χ4v) is 4.93. The Labute approximate surface area is 173 Å². The van der Waals surface area contributed by atoms with Gasteiger partial charge in [-0.2, -0.15) is 10.2 Å². The topological polar surface area (TPSA) is 97.7 Å². The van der Waals surface area contributed by atoms with Crippen LogP contribution in [0.4, 0.5) is 5.82 Å². The molecule has 3 aromatic rings. The minimum Gasteiger partial charge on any atom is -0.378 e. The van der Waals surface area contributed by atoms with Crippen molar-refractivity contribution in [2.75, 3.05) is 12.4 Å². The number of nitrogens with one attached hydrogen (secondary N) is 2. The summed E-state index contributed by atoms with van der Waals surface area (Å²) in [6.07, 6.45) is 6.46. The van der Waals surface area contributed by atoms with Crippen molar-refractivity contribution in [1.29, 1.82) is 0 Å². The lowest BCUT2D eigenvalue weighted by Gasteiger charge is -2.08. The molecule has 154 valence electrons. The van der Waals surface area contributed by atoms with Gasteiger partial charge in [0.05, 0.1) is 17.3 Å². The number of aryl methyl sites for hydroxylation is 2. The summed E-state index contributed by atoms with van der Waals surface area (Å²) in [4.78, 5) is 18.3. The largest absolute Gasteiger partial charge is 0.378 e. The predicted octanol–water partition coefficient (Wildman–Crippen LogP) is 3.43. The maximum Gasteiger partial charge on any atom is 0.275 e. The number of methoxy groups -OCH3 is 1. The molecule has 1 aliphatic rings. The van der Waals surface area contributed by atoms with Crippen LogP contribution < -0.4 is 5.32 Å². The first-order chi connectivity index (χ1) is 14.0. The summed E-state index contributed by atoms with van der Waals surface area (Å²) in [5, 5.41) is 15.8. The Morgan fingerprint density at radius 3 is 3.03 bits per heavy atom. The molecule has 2 N–H and O–H groups in total. The van der Waals surface area contributed by atoms with Gasteiger partial charge in [0, 0.05) is 49.3 Å². The summed E-state index contributed by atoms with van der Waals surface area (Å²) in [5.41, 5.74) is 2.28. The molecule has 29 heavy (non-hydrogen) atoms. The van der Waals surface area contributed by atoms with Gasteiger partial charge in [-0.1, -0.05) is 0 Å². The van der Waals surface area contributed by atoms with Gasteiger partial charge in [0.2, 0.25) is 0 Å². The summed E-state index contributed by atoms with van der Waals surface area (Å²) in [6.45, 7) is 2.47. The highest BCUT2D eigenvalue weighted by atomic mass is 32.1. The van der Waals surface area contributed by atoms with Gasteiger partial charge in [0.25, 0.3) is 5.91 Å². The van der Waals surface area contributed by atoms with Crippen LogP contribution in [-0.2, 0) is 24.8 Å². The predicted molar refractivity (Wildman–Crippen MR) is 111 cm³/mol. The number of anilines is 1. The fourth-order valence-electron chi connectivity index (χ4n) is 4.03. The lowest BCUT2D eigenvalue weighted by atomic mass is 10.00. The highest BCUT2D eigenvalue weighted by molar-refractivity contribution is 7.11. The van der Waals surface area contributed by atoms with Gasteiger partial charge in [-0.15, -0.1) is 11.3 Å². The zero-order valence-corrected chi connectivity index (χ0v) is 17.8. The van der Waals surface area contributed by atoms with E-state index in [-0.39, 0.29) is 5.91 Å². The maximum atomic E-state index is 12.6. The number of hydrogen-bond donors (Lipinski definition) is 2. The van der Waals surface area contributed by atoms with Gasteiger partial charge in [0.1, 0.15) is 5.69 Å². The number of nitrogens with zero attached hydrogens (tertiary/aromatic N) is 4. The minimum absolute atomic E-state index is 0.233. The van der Waals surface area contributed by atoms with Gasteiger partial charge in [-0.3, -0.25) is 14.6 Å². The summed E-state index contributed by atoms with van der Waals surface area (Å²) in [6, 6.07) is 3.68. The van der Waals surface area contributed by atoms with Crippen LogP contribution in [0.15, 0.2) is 18.3 Å². The maximum absolute atomic E-state index is 12.6. The van der Waals surface area contributed by atoms with E-state index in [1.54, 1.807) is 36.2 Å². The van der Waals surface area contributed by atoms with Crippen molar-refractivity contribution in [2.24, 2.45) is 13.0 Å². The molecule has 3 heterocycles. The van der Waals surface area contributed by atoms with E-state index in [2.05, 4.69) is 32.5 Å². The molecular weight excluding hydrogens is 388 g/mol. The van der Waals surface area contributed by atoms with Gasteiger partial charge in [-0.05, 0) is 38.2 Å². The summed E-state index contributed by atoms with van der Waals surface area (Å²) in [7, 11) is 3.35. The second-order valence-corrected chi connectivity index (χ2v) is 9.00. The third-order valence-corrected chi connectivity index (χ3v) is 6.34. The van der Waals surface area contributed by atoms with Crippen molar-refractivity contribution in [2.45, 2.75) is 45.1 Å². The van der Waals surface area contributed by atoms with Crippen molar-refractivity contribution >= 4 is 23.1 Å². The van der Waals surface area contributed by atoms with Crippen LogP contribution in [-0.4, -0.2) is 38.0 Å². The number of carbonyl (C=O) groups excluding carboxylic acids is 1. The van der Waals surface area contributed by atoms with Crippen LogP contribution >= 0.6 is 11.3 Å². The molecule has 8 nitrogen and oxygen atoms in total. The van der Waals surface area contributed by atoms with Gasteiger partial charge >= 0.3 is 0 Å². The second-order valence-electron chi connectivity index (χ2n) is 7.68. The van der Waals surface area contributed by atoms with Crippen LogP contribution in [0, 0.1) is 12.8 Å². The average molecular weight is 415 g/mol. The van der Waals surface area contributed by atoms with Crippen LogP contribution in [0.5, 0.6) is 0 Å².